The summed E-state index contributed by atoms with van der Waals surface area (Å²) in [7, 11) is 0. The number of hydrogen-bond acceptors (Lipinski definition) is 4. The number of carbonyl (C=O) groups is 1. The minimum atomic E-state index is -0.521. The molecule has 0 radical (unpaired) electrons. The molecule has 152 valence electrons. The highest BCUT2D eigenvalue weighted by Crippen LogP contribution is 2.24. The average molecular weight is 386 g/mol. The van der Waals surface area contributed by atoms with Crippen LogP contribution >= 0.6 is 0 Å². The third-order valence-corrected chi connectivity index (χ3v) is 4.90. The predicted octanol–water partition coefficient (Wildman–Crippen LogP) is 2.66. The number of likely N-dealkylation sites (tertiary alicyclic amines) is 1. The van der Waals surface area contributed by atoms with E-state index in [9.17, 15) is 9.59 Å². The van der Waals surface area contributed by atoms with Crippen LogP contribution in [-0.4, -0.2) is 45.9 Å². The van der Waals surface area contributed by atoms with E-state index in [4.69, 9.17) is 4.74 Å². The molecule has 1 saturated heterocycles. The lowest BCUT2D eigenvalue weighted by molar-refractivity contribution is 0.0495. The van der Waals surface area contributed by atoms with Crippen molar-refractivity contribution in [2.24, 2.45) is 5.92 Å². The van der Waals surface area contributed by atoms with Crippen LogP contribution in [0.1, 0.15) is 38.4 Å². The van der Waals surface area contributed by atoms with Crippen molar-refractivity contribution >= 4 is 6.09 Å². The van der Waals surface area contributed by atoms with Crippen molar-refractivity contribution in [1.82, 2.24) is 20.4 Å². The maximum atomic E-state index is 12.3. The molecule has 1 fully saturated rings. The number of aromatic amines is 2. The Kier molecular flexibility index (Phi) is 6.24. The third kappa shape index (κ3) is 5.99. The summed E-state index contributed by atoms with van der Waals surface area (Å²) in [5.74, 6) is 0.287. The van der Waals surface area contributed by atoms with Crippen LogP contribution in [-0.2, 0) is 17.7 Å². The smallest absolute Gasteiger partial charge is 0.407 e. The van der Waals surface area contributed by atoms with Crippen molar-refractivity contribution in [3.05, 3.63) is 58.0 Å². The first kappa shape index (κ1) is 20.2. The summed E-state index contributed by atoms with van der Waals surface area (Å²) in [5.41, 5.74) is 1.51. The van der Waals surface area contributed by atoms with E-state index in [0.717, 1.165) is 38.2 Å². The zero-order chi connectivity index (χ0) is 20.1. The van der Waals surface area contributed by atoms with Gasteiger partial charge in [-0.3, -0.25) is 14.8 Å². The highest BCUT2D eigenvalue weighted by molar-refractivity contribution is 5.68. The lowest BCUT2D eigenvalue weighted by atomic mass is 9.97. The van der Waals surface area contributed by atoms with Crippen molar-refractivity contribution in [3.8, 4) is 0 Å². The molecule has 0 saturated carbocycles. The fourth-order valence-electron chi connectivity index (χ4n) is 3.69. The number of amides is 1. The zero-order valence-corrected chi connectivity index (χ0v) is 16.8. The number of carbonyl (C=O) groups excluding carboxylic acids is 1. The van der Waals surface area contributed by atoms with E-state index in [1.54, 1.807) is 6.07 Å². The fraction of sp³-hybridized carbons (Fsp3) is 0.524. The summed E-state index contributed by atoms with van der Waals surface area (Å²) in [5, 5.41) is 8.54. The SMILES string of the molecule is CC(C)(C)OC(=O)N[C@H]1CN(Cc2ccccc2)C[C@H]1CCc1cc(=O)[nH][nH]1. The van der Waals surface area contributed by atoms with Crippen LogP contribution in [0.15, 0.2) is 41.2 Å². The van der Waals surface area contributed by atoms with E-state index in [2.05, 4.69) is 32.5 Å². The fourth-order valence-corrected chi connectivity index (χ4v) is 3.69. The Labute approximate surface area is 165 Å². The second-order valence-corrected chi connectivity index (χ2v) is 8.51. The molecule has 3 N–H and O–H groups in total. The Bertz CT molecular complexity index is 822. The maximum absolute atomic E-state index is 12.3. The van der Waals surface area contributed by atoms with E-state index >= 15 is 0 Å². The van der Waals surface area contributed by atoms with Gasteiger partial charge in [-0.05, 0) is 45.1 Å². The predicted molar refractivity (Wildman–Crippen MR) is 108 cm³/mol. The van der Waals surface area contributed by atoms with Gasteiger partial charge in [0.05, 0.1) is 0 Å². The minimum absolute atomic E-state index is 0.0178. The molecule has 1 amide bonds. The number of aromatic nitrogens is 2. The van der Waals surface area contributed by atoms with Crippen LogP contribution in [0.4, 0.5) is 4.79 Å². The van der Waals surface area contributed by atoms with Crippen molar-refractivity contribution in [3.63, 3.8) is 0 Å². The standard InChI is InChI=1S/C21H30N4O3/c1-21(2,3)28-20(27)22-18-14-25(12-15-7-5-4-6-8-15)13-16(18)9-10-17-11-19(26)24-23-17/h4-8,11,16,18H,9-10,12-14H2,1-3H3,(H,22,27)(H2,23,24,26)/t16-,18+/m1/s1. The van der Waals surface area contributed by atoms with Crippen LogP contribution < -0.4 is 10.9 Å². The molecule has 1 aliphatic rings. The lowest BCUT2D eigenvalue weighted by Crippen LogP contribution is -2.43. The van der Waals surface area contributed by atoms with Gasteiger partial charge in [0.1, 0.15) is 5.60 Å². The Morgan fingerprint density at radius 2 is 1.96 bits per heavy atom. The van der Waals surface area contributed by atoms with Gasteiger partial charge < -0.3 is 15.2 Å². The molecule has 1 aromatic carbocycles. The Hall–Kier alpha value is -2.54. The molecule has 7 nitrogen and oxygen atoms in total. The van der Waals surface area contributed by atoms with E-state index in [1.165, 1.54) is 5.56 Å². The first-order valence-corrected chi connectivity index (χ1v) is 9.81. The number of hydrogen-bond donors (Lipinski definition) is 3. The number of benzene rings is 1. The van der Waals surface area contributed by atoms with Gasteiger partial charge in [-0.25, -0.2) is 4.79 Å². The number of nitrogens with zero attached hydrogens (tertiary/aromatic N) is 1. The zero-order valence-electron chi connectivity index (χ0n) is 16.8. The molecule has 0 spiro atoms. The molecule has 2 aromatic rings. The summed E-state index contributed by atoms with van der Waals surface area (Å²) < 4.78 is 5.45. The van der Waals surface area contributed by atoms with Gasteiger partial charge in [0.15, 0.2) is 0 Å². The monoisotopic (exact) mass is 386 g/mol. The van der Waals surface area contributed by atoms with Gasteiger partial charge in [0.25, 0.3) is 5.56 Å². The summed E-state index contributed by atoms with van der Waals surface area (Å²) in [4.78, 5) is 26.0. The van der Waals surface area contributed by atoms with E-state index in [0.29, 0.717) is 0 Å². The molecular weight excluding hydrogens is 356 g/mol. The summed E-state index contributed by atoms with van der Waals surface area (Å²) in [6.07, 6.45) is 1.26. The van der Waals surface area contributed by atoms with Crippen molar-refractivity contribution in [2.75, 3.05) is 13.1 Å². The Morgan fingerprint density at radius 3 is 2.61 bits per heavy atom. The normalized spacial score (nSPS) is 20.2. The molecule has 28 heavy (non-hydrogen) atoms. The lowest BCUT2D eigenvalue weighted by Gasteiger charge is -2.24. The summed E-state index contributed by atoms with van der Waals surface area (Å²) in [6.45, 7) is 8.12. The molecule has 2 atom stereocenters. The number of aryl methyl sites for hydroxylation is 1. The largest absolute Gasteiger partial charge is 0.444 e. The minimum Gasteiger partial charge on any atom is -0.444 e. The first-order chi connectivity index (χ1) is 13.3. The van der Waals surface area contributed by atoms with Crippen LogP contribution in [0.3, 0.4) is 0 Å². The van der Waals surface area contributed by atoms with Crippen molar-refractivity contribution in [2.45, 2.75) is 51.8 Å². The number of alkyl carbamates (subject to hydrolysis) is 1. The van der Waals surface area contributed by atoms with Crippen molar-refractivity contribution in [1.29, 1.82) is 0 Å². The Morgan fingerprint density at radius 1 is 1.21 bits per heavy atom. The number of ether oxygens (including phenoxy) is 1. The van der Waals surface area contributed by atoms with Gasteiger partial charge in [-0.1, -0.05) is 30.3 Å². The molecule has 2 heterocycles. The van der Waals surface area contributed by atoms with Gasteiger partial charge in [0, 0.05) is 37.4 Å². The van der Waals surface area contributed by atoms with Gasteiger partial charge >= 0.3 is 6.09 Å². The topological polar surface area (TPSA) is 90.2 Å². The van der Waals surface area contributed by atoms with Crippen LogP contribution in [0, 0.1) is 5.92 Å². The van der Waals surface area contributed by atoms with Gasteiger partial charge in [-0.15, -0.1) is 0 Å². The van der Waals surface area contributed by atoms with E-state index in [-0.39, 0.29) is 23.6 Å². The third-order valence-electron chi connectivity index (χ3n) is 4.90. The van der Waals surface area contributed by atoms with Crippen LogP contribution in [0.2, 0.25) is 0 Å². The maximum Gasteiger partial charge on any atom is 0.407 e. The number of rotatable bonds is 6. The van der Waals surface area contributed by atoms with Gasteiger partial charge in [0.2, 0.25) is 0 Å². The molecule has 1 aliphatic heterocycles. The molecule has 7 heteroatoms. The quantitative estimate of drug-likeness (QED) is 0.712. The highest BCUT2D eigenvalue weighted by Gasteiger charge is 2.34. The molecule has 0 aliphatic carbocycles. The van der Waals surface area contributed by atoms with E-state index < -0.39 is 5.60 Å². The second-order valence-electron chi connectivity index (χ2n) is 8.51. The molecule has 1 aromatic heterocycles. The van der Waals surface area contributed by atoms with Crippen molar-refractivity contribution < 1.29 is 9.53 Å². The molecule has 0 unspecified atom stereocenters. The summed E-state index contributed by atoms with van der Waals surface area (Å²) >= 11 is 0. The highest BCUT2D eigenvalue weighted by atomic mass is 16.6. The molecule has 3 rings (SSSR count). The molecule has 0 bridgehead atoms. The number of nitrogens with one attached hydrogen (secondary N) is 3. The van der Waals surface area contributed by atoms with Crippen LogP contribution in [0.5, 0.6) is 0 Å². The van der Waals surface area contributed by atoms with E-state index in [1.807, 2.05) is 39.0 Å². The first-order valence-electron chi connectivity index (χ1n) is 9.81. The molecular formula is C21H30N4O3. The second kappa shape index (κ2) is 8.65. The Balaban J connectivity index is 1.63. The number of H-pyrrole nitrogens is 2. The van der Waals surface area contributed by atoms with Gasteiger partial charge in [-0.2, -0.15) is 0 Å². The van der Waals surface area contributed by atoms with Crippen LogP contribution in [0.25, 0.3) is 0 Å². The summed E-state index contributed by atoms with van der Waals surface area (Å²) in [6, 6.07) is 11.9. The average Bonchev–Trinajstić information content (AvgIpc) is 3.18.